The fourth-order valence-corrected chi connectivity index (χ4v) is 11.4. The minimum atomic E-state index is -1.79. The van der Waals surface area contributed by atoms with Crippen LogP contribution in [-0.2, 0) is 26.5 Å². The first-order valence-corrected chi connectivity index (χ1v) is 28.2. The Kier molecular flexibility index (Phi) is 11.8. The number of nitrogens with zero attached hydrogens (tertiary/aromatic N) is 3. The van der Waals surface area contributed by atoms with Crippen molar-refractivity contribution in [2.45, 2.75) is 101 Å². The summed E-state index contributed by atoms with van der Waals surface area (Å²) in [6.45, 7) is 4.27. The molecule has 0 amide bonds. The largest absolute Gasteiger partial charge is 0 e. The summed E-state index contributed by atoms with van der Waals surface area (Å²) in [4.78, 5) is 15.3. The summed E-state index contributed by atoms with van der Waals surface area (Å²) in [7, 11) is 0. The molecule has 289 valence electrons. The Bertz CT molecular complexity index is 2530. The van der Waals surface area contributed by atoms with Crippen LogP contribution in [-0.4, -0.2) is 28.2 Å². The molecule has 56 heavy (non-hydrogen) atoms. The molecule has 2 aliphatic carbocycles. The standard InChI is InChI=1S/C30H27N2S.C20H26GeN.Ir/c1-19-6-5-7-20(2)29(19)26-12-11-24-25-18-23(10-13-28(25)33-30(24)32-26)27-17-22(14-15-31-27)16-21-8-3-4-9-21;1-21(2,3)19-13-14-20(22-15-19)18-11-9-17(10-12-18)16-7-5-4-6-8-16;/h5-7,11-15,17-18,21H,3-4,8-9,16H2,1-2H3;9-11,13-16H,4-8H2,1-3H3;/q2*-1;/i16D2;16D;. The summed E-state index contributed by atoms with van der Waals surface area (Å²) in [6, 6.07) is 35.9. The Morgan fingerprint density at radius 1 is 0.750 bits per heavy atom. The van der Waals surface area contributed by atoms with Gasteiger partial charge in [0.2, 0.25) is 0 Å². The molecule has 0 N–H and O–H groups in total. The van der Waals surface area contributed by atoms with Crippen molar-refractivity contribution in [1.82, 2.24) is 15.0 Å². The van der Waals surface area contributed by atoms with Crippen LogP contribution in [0.15, 0.2) is 97.3 Å². The van der Waals surface area contributed by atoms with Crippen LogP contribution < -0.4 is 4.40 Å². The summed E-state index contributed by atoms with van der Waals surface area (Å²) in [6.07, 6.45) is 12.2. The van der Waals surface area contributed by atoms with Gasteiger partial charge in [-0.2, -0.15) is 11.3 Å². The van der Waals surface area contributed by atoms with Crippen LogP contribution in [0.1, 0.15) is 90.0 Å². The first-order valence-electron chi connectivity index (χ1n) is 21.6. The molecule has 2 aliphatic rings. The van der Waals surface area contributed by atoms with Crippen molar-refractivity contribution in [1.29, 1.82) is 0 Å². The molecule has 9 rings (SSSR count). The molecular formula is C50H53GeIrN3S-2. The zero-order valence-corrected chi connectivity index (χ0v) is 38.6. The number of rotatable bonds is 7. The Labute approximate surface area is 358 Å². The number of aryl methyl sites for hydroxylation is 2. The zero-order chi connectivity index (χ0) is 40.7. The zero-order valence-electron chi connectivity index (χ0n) is 36.3. The average Bonchev–Trinajstić information content (AvgIpc) is 3.90. The second-order valence-electron chi connectivity index (χ2n) is 16.4. The molecule has 1 radical (unpaired) electrons. The SMILES string of the molecule is [2H]C([2H])(c1ccnc(-c2[c-]cc3sc4nc(-c5c(C)cccc5C)ccc4c3c2)c1)C1CCCC1.[2H]C1(c2c[c-]c(-c3cc[c]([Ge]([CH3])([CH3])[CH3])cn3)cc2)CCCCC1.[Ir]. The molecule has 3 aromatic carbocycles. The van der Waals surface area contributed by atoms with Crippen LogP contribution in [0.2, 0.25) is 17.3 Å². The van der Waals surface area contributed by atoms with E-state index < -0.39 is 25.5 Å². The molecule has 0 aliphatic heterocycles. The quantitative estimate of drug-likeness (QED) is 0.118. The van der Waals surface area contributed by atoms with Gasteiger partial charge >= 0.3 is 139 Å². The van der Waals surface area contributed by atoms with Crippen molar-refractivity contribution in [2.75, 3.05) is 0 Å². The summed E-state index contributed by atoms with van der Waals surface area (Å²) in [5.41, 5.74) is 10.2. The van der Waals surface area contributed by atoms with Crippen molar-refractivity contribution in [3.8, 4) is 33.8 Å². The molecule has 0 atom stereocenters. The molecule has 0 saturated heterocycles. The van der Waals surface area contributed by atoms with Gasteiger partial charge in [-0.15, -0.1) is 23.8 Å². The van der Waals surface area contributed by atoms with Crippen molar-refractivity contribution in [2.24, 2.45) is 5.92 Å². The molecule has 2 fully saturated rings. The molecule has 6 heteroatoms. The third kappa shape index (κ3) is 9.28. The topological polar surface area (TPSA) is 38.7 Å². The molecule has 0 unspecified atom stereocenters. The minimum Gasteiger partial charge on any atom is 0 e. The maximum atomic E-state index is 8.78. The second-order valence-corrected chi connectivity index (χ2v) is 28.1. The van der Waals surface area contributed by atoms with Crippen LogP contribution in [0.5, 0.6) is 0 Å². The van der Waals surface area contributed by atoms with Crippen LogP contribution in [0.4, 0.5) is 0 Å². The molecule has 4 heterocycles. The van der Waals surface area contributed by atoms with Crippen molar-refractivity contribution in [3.63, 3.8) is 0 Å². The van der Waals surface area contributed by atoms with E-state index in [0.717, 1.165) is 98.2 Å². The van der Waals surface area contributed by atoms with Gasteiger partial charge in [0.15, 0.2) is 0 Å². The fourth-order valence-electron chi connectivity index (χ4n) is 8.15. The number of hydrogen-bond donors (Lipinski definition) is 0. The van der Waals surface area contributed by atoms with Gasteiger partial charge in [-0.25, -0.2) is 4.98 Å². The Morgan fingerprint density at radius 2 is 1.48 bits per heavy atom. The maximum Gasteiger partial charge on any atom is 0 e. The molecule has 0 bridgehead atoms. The van der Waals surface area contributed by atoms with Gasteiger partial charge in [0, 0.05) is 34.6 Å². The second kappa shape index (κ2) is 18.0. The van der Waals surface area contributed by atoms with E-state index in [0.29, 0.717) is 0 Å². The van der Waals surface area contributed by atoms with Gasteiger partial charge in [0.1, 0.15) is 4.83 Å². The van der Waals surface area contributed by atoms with E-state index in [2.05, 4.69) is 114 Å². The van der Waals surface area contributed by atoms with Crippen LogP contribution in [0, 0.1) is 31.9 Å². The first kappa shape index (κ1) is 36.8. The van der Waals surface area contributed by atoms with Crippen LogP contribution >= 0.6 is 11.3 Å². The maximum absolute atomic E-state index is 8.78. The number of fused-ring (bicyclic) bond motifs is 3. The predicted molar refractivity (Wildman–Crippen MR) is 237 cm³/mol. The van der Waals surface area contributed by atoms with E-state index in [1.165, 1.54) is 40.3 Å². The Morgan fingerprint density at radius 3 is 2.18 bits per heavy atom. The normalized spacial score (nSPS) is 16.7. The summed E-state index contributed by atoms with van der Waals surface area (Å²) < 4.78 is 28.8. The van der Waals surface area contributed by atoms with Crippen molar-refractivity contribution >= 4 is 49.3 Å². The fraction of sp³-hybridized carbons (Fsp3) is 0.340. The number of hydrogen-bond acceptors (Lipinski definition) is 4. The number of pyridine rings is 3. The van der Waals surface area contributed by atoms with E-state index in [-0.39, 0.29) is 26.0 Å². The Hall–Kier alpha value is -3.48. The van der Waals surface area contributed by atoms with Crippen molar-refractivity contribution in [3.05, 3.63) is 132 Å². The van der Waals surface area contributed by atoms with Gasteiger partial charge in [-0.05, 0) is 65.2 Å². The summed E-state index contributed by atoms with van der Waals surface area (Å²) >= 11 is -0.105. The van der Waals surface area contributed by atoms with E-state index in [1.807, 2.05) is 30.5 Å². The summed E-state index contributed by atoms with van der Waals surface area (Å²) in [5.74, 6) is 6.84. The van der Waals surface area contributed by atoms with Gasteiger partial charge in [-0.1, -0.05) is 67.0 Å². The molecule has 3 nitrogen and oxygen atoms in total. The van der Waals surface area contributed by atoms with Crippen molar-refractivity contribution < 1.29 is 24.2 Å². The van der Waals surface area contributed by atoms with Gasteiger partial charge in [0.25, 0.3) is 0 Å². The summed E-state index contributed by atoms with van der Waals surface area (Å²) in [5, 5.41) is 2.28. The molecular weight excluding hydrogens is 939 g/mol. The van der Waals surface area contributed by atoms with E-state index >= 15 is 0 Å². The monoisotopic (exact) mass is 997 g/mol. The minimum absolute atomic E-state index is 0. The van der Waals surface area contributed by atoms with Crippen LogP contribution in [0.3, 0.4) is 0 Å². The number of aromatic nitrogens is 3. The third-order valence-corrected chi connectivity index (χ3v) is 16.7. The van der Waals surface area contributed by atoms with Gasteiger partial charge < -0.3 is 4.98 Å². The number of benzene rings is 3. The third-order valence-electron chi connectivity index (χ3n) is 11.4. The van der Waals surface area contributed by atoms with Gasteiger partial charge in [-0.3, -0.25) is 0 Å². The van der Waals surface area contributed by atoms with E-state index in [9.17, 15) is 0 Å². The van der Waals surface area contributed by atoms with E-state index in [4.69, 9.17) is 9.10 Å². The number of thiophene rings is 1. The molecule has 0 spiro atoms. The molecule has 4 aromatic heterocycles. The molecule has 7 aromatic rings. The smallest absolute Gasteiger partial charge is 0 e. The first-order chi connectivity index (χ1) is 27.8. The predicted octanol–water partition coefficient (Wildman–Crippen LogP) is 13.5. The molecule has 2 saturated carbocycles. The Balaban J connectivity index is 0.000000192. The van der Waals surface area contributed by atoms with Gasteiger partial charge in [0.05, 0.1) is 5.69 Å². The van der Waals surface area contributed by atoms with Crippen LogP contribution in [0.25, 0.3) is 54.1 Å². The van der Waals surface area contributed by atoms with E-state index in [1.54, 1.807) is 17.5 Å². The average molecular weight is 996 g/mol.